The van der Waals surface area contributed by atoms with Gasteiger partial charge in [0.2, 0.25) is 0 Å². The Morgan fingerprint density at radius 1 is 1.17 bits per heavy atom. The number of fused-ring (bicyclic) bond motifs is 3. The third kappa shape index (κ3) is 3.82. The van der Waals surface area contributed by atoms with E-state index < -0.39 is 15.8 Å². The first-order chi connectivity index (χ1) is 13.4. The van der Waals surface area contributed by atoms with Gasteiger partial charge in [0.1, 0.15) is 5.82 Å². The zero-order valence-electron chi connectivity index (χ0n) is 15.8. The smallest absolute Gasteiger partial charge is 0.268 e. The molecule has 29 heavy (non-hydrogen) atoms. The number of aryl methyl sites for hydroxylation is 1. The van der Waals surface area contributed by atoms with Crippen LogP contribution in [0.25, 0.3) is 11.3 Å². The fraction of sp³-hybridized carbons (Fsp3) is 0.238. The highest BCUT2D eigenvalue weighted by molar-refractivity contribution is 7.90. The summed E-state index contributed by atoms with van der Waals surface area (Å²) in [6.07, 6.45) is 4.32. The Morgan fingerprint density at radius 2 is 1.93 bits per heavy atom. The molecular formula is C21H21Cl2FN2O2S. The first-order valence-corrected chi connectivity index (χ1v) is 10.9. The van der Waals surface area contributed by atoms with Crippen LogP contribution in [0.15, 0.2) is 53.6 Å². The average Bonchev–Trinajstić information content (AvgIpc) is 2.92. The molecule has 154 valence electrons. The van der Waals surface area contributed by atoms with E-state index in [4.69, 9.17) is 11.6 Å². The Bertz CT molecular complexity index is 1160. The maximum absolute atomic E-state index is 13.6. The van der Waals surface area contributed by atoms with E-state index in [2.05, 4.69) is 5.32 Å². The molecule has 4 rings (SSSR count). The van der Waals surface area contributed by atoms with E-state index in [-0.39, 0.29) is 22.3 Å². The van der Waals surface area contributed by atoms with Crippen LogP contribution in [0.1, 0.15) is 23.1 Å². The van der Waals surface area contributed by atoms with E-state index in [9.17, 15) is 12.8 Å². The van der Waals surface area contributed by atoms with Gasteiger partial charge in [-0.15, -0.1) is 12.4 Å². The van der Waals surface area contributed by atoms with Gasteiger partial charge < -0.3 is 5.32 Å². The molecule has 1 aliphatic carbocycles. The Kier molecular flexibility index (Phi) is 6.39. The minimum atomic E-state index is -3.94. The van der Waals surface area contributed by atoms with E-state index in [0.717, 1.165) is 47.6 Å². The van der Waals surface area contributed by atoms with Crippen LogP contribution in [0.3, 0.4) is 0 Å². The van der Waals surface area contributed by atoms with Crippen molar-refractivity contribution < 1.29 is 12.8 Å². The van der Waals surface area contributed by atoms with Gasteiger partial charge in [-0.2, -0.15) is 0 Å². The third-order valence-electron chi connectivity index (χ3n) is 5.13. The van der Waals surface area contributed by atoms with Crippen LogP contribution in [0.4, 0.5) is 4.39 Å². The highest BCUT2D eigenvalue weighted by Crippen LogP contribution is 2.38. The largest absolute Gasteiger partial charge is 0.316 e. The molecule has 4 nitrogen and oxygen atoms in total. The molecule has 2 aromatic carbocycles. The third-order valence-corrected chi connectivity index (χ3v) is 7.07. The van der Waals surface area contributed by atoms with Crippen LogP contribution in [0.2, 0.25) is 5.02 Å². The number of halogens is 3. The van der Waals surface area contributed by atoms with Gasteiger partial charge in [-0.25, -0.2) is 16.8 Å². The molecule has 8 heteroatoms. The fourth-order valence-electron chi connectivity index (χ4n) is 3.84. The predicted molar refractivity (Wildman–Crippen MR) is 116 cm³/mol. The molecule has 0 unspecified atom stereocenters. The number of hydrogen-bond donors (Lipinski definition) is 1. The molecule has 1 heterocycles. The van der Waals surface area contributed by atoms with Gasteiger partial charge in [-0.05, 0) is 61.2 Å². The van der Waals surface area contributed by atoms with E-state index >= 15 is 0 Å². The number of rotatable bonds is 4. The van der Waals surface area contributed by atoms with Crippen molar-refractivity contribution in [1.82, 2.24) is 9.29 Å². The molecule has 0 saturated carbocycles. The van der Waals surface area contributed by atoms with Crippen molar-refractivity contribution in [1.29, 1.82) is 0 Å². The second-order valence-corrected chi connectivity index (χ2v) is 9.12. The summed E-state index contributed by atoms with van der Waals surface area (Å²) in [6.45, 7) is 0.567. The van der Waals surface area contributed by atoms with Crippen molar-refractivity contribution >= 4 is 34.0 Å². The molecule has 0 fully saturated rings. The Balaban J connectivity index is 0.00000240. The first-order valence-electron chi connectivity index (χ1n) is 9.10. The number of nitrogens with one attached hydrogen (secondary N) is 1. The van der Waals surface area contributed by atoms with Crippen LogP contribution in [-0.4, -0.2) is 19.4 Å². The normalized spacial score (nSPS) is 13.2. The summed E-state index contributed by atoms with van der Waals surface area (Å²) in [5.41, 5.74) is 4.74. The summed E-state index contributed by atoms with van der Waals surface area (Å²) in [4.78, 5) is -0.0329. The lowest BCUT2D eigenvalue weighted by atomic mass is 10.0. The van der Waals surface area contributed by atoms with Crippen LogP contribution in [0, 0.1) is 5.82 Å². The van der Waals surface area contributed by atoms with Gasteiger partial charge in [0.05, 0.1) is 15.6 Å². The lowest BCUT2D eigenvalue weighted by Crippen LogP contribution is -2.14. The molecule has 0 atom stereocenters. The fourth-order valence-corrected chi connectivity index (χ4v) is 5.53. The van der Waals surface area contributed by atoms with Crippen LogP contribution in [0.5, 0.6) is 0 Å². The van der Waals surface area contributed by atoms with E-state index in [0.29, 0.717) is 12.2 Å². The maximum Gasteiger partial charge on any atom is 0.268 e. The Hall–Kier alpha value is -1.86. The SMILES string of the molecule is CNCc1cn(S(=O)(=O)c2ccc(F)c(Cl)c2)c2c1CCCc1ccccc1-2.Cl. The predicted octanol–water partition coefficient (Wildman–Crippen LogP) is 4.81. The quantitative estimate of drug-likeness (QED) is 0.614. The minimum absolute atomic E-state index is 0. The Labute approximate surface area is 181 Å². The molecule has 0 aliphatic heterocycles. The zero-order chi connectivity index (χ0) is 19.9. The summed E-state index contributed by atoms with van der Waals surface area (Å²) in [7, 11) is -2.10. The van der Waals surface area contributed by atoms with E-state index in [1.807, 2.05) is 31.3 Å². The number of aromatic nitrogens is 1. The second-order valence-electron chi connectivity index (χ2n) is 6.90. The van der Waals surface area contributed by atoms with Crippen molar-refractivity contribution in [2.75, 3.05) is 7.05 Å². The van der Waals surface area contributed by atoms with Crippen molar-refractivity contribution in [2.45, 2.75) is 30.7 Å². The van der Waals surface area contributed by atoms with Crippen LogP contribution >= 0.6 is 24.0 Å². The van der Waals surface area contributed by atoms with E-state index in [1.165, 1.54) is 16.1 Å². The van der Waals surface area contributed by atoms with Gasteiger partial charge in [0.25, 0.3) is 10.0 Å². The first kappa shape index (κ1) is 21.8. The molecule has 1 aliphatic rings. The lowest BCUT2D eigenvalue weighted by Gasteiger charge is -2.14. The molecule has 0 saturated heterocycles. The standard InChI is InChI=1S/C21H20ClFN2O2S.ClH/c1-24-12-15-13-25(28(26,27)16-9-10-20(23)19(22)11-16)21-17-7-3-2-5-14(17)6-4-8-18(15)21;/h2-3,5,7,9-11,13,24H,4,6,8,12H2,1H3;1H. The maximum atomic E-state index is 13.6. The highest BCUT2D eigenvalue weighted by Gasteiger charge is 2.28. The number of hydrogen-bond acceptors (Lipinski definition) is 3. The summed E-state index contributed by atoms with van der Waals surface area (Å²) in [5, 5.41) is 2.91. The second kappa shape index (κ2) is 8.48. The van der Waals surface area contributed by atoms with Gasteiger partial charge in [0.15, 0.2) is 0 Å². The molecule has 0 amide bonds. The highest BCUT2D eigenvalue weighted by atomic mass is 35.5. The summed E-state index contributed by atoms with van der Waals surface area (Å²) < 4.78 is 41.9. The minimum Gasteiger partial charge on any atom is -0.316 e. The van der Waals surface area contributed by atoms with Crippen molar-refractivity contribution in [3.05, 3.63) is 76.2 Å². The molecule has 0 spiro atoms. The molecule has 3 aromatic rings. The van der Waals surface area contributed by atoms with Crippen molar-refractivity contribution in [3.8, 4) is 11.3 Å². The number of nitrogens with zero attached hydrogens (tertiary/aromatic N) is 1. The Morgan fingerprint density at radius 3 is 2.66 bits per heavy atom. The molecule has 1 aromatic heterocycles. The summed E-state index contributed by atoms with van der Waals surface area (Å²) in [6, 6.07) is 11.4. The van der Waals surface area contributed by atoms with Crippen molar-refractivity contribution in [3.63, 3.8) is 0 Å². The number of benzene rings is 2. The average molecular weight is 455 g/mol. The van der Waals surface area contributed by atoms with Crippen LogP contribution < -0.4 is 5.32 Å². The molecular weight excluding hydrogens is 434 g/mol. The van der Waals surface area contributed by atoms with Gasteiger partial charge in [-0.3, -0.25) is 0 Å². The van der Waals surface area contributed by atoms with E-state index in [1.54, 1.807) is 6.20 Å². The monoisotopic (exact) mass is 454 g/mol. The molecule has 1 N–H and O–H groups in total. The topological polar surface area (TPSA) is 51.1 Å². The summed E-state index contributed by atoms with van der Waals surface area (Å²) >= 11 is 5.85. The zero-order valence-corrected chi connectivity index (χ0v) is 18.2. The van der Waals surface area contributed by atoms with Crippen LogP contribution in [-0.2, 0) is 29.4 Å². The molecule has 0 bridgehead atoms. The van der Waals surface area contributed by atoms with Gasteiger partial charge in [0, 0.05) is 18.3 Å². The molecule has 0 radical (unpaired) electrons. The summed E-state index contributed by atoms with van der Waals surface area (Å²) in [5.74, 6) is -0.645. The van der Waals surface area contributed by atoms with Crippen molar-refractivity contribution in [2.24, 2.45) is 0 Å². The van der Waals surface area contributed by atoms with Gasteiger partial charge in [-0.1, -0.05) is 35.9 Å². The lowest BCUT2D eigenvalue weighted by molar-refractivity contribution is 0.586. The van der Waals surface area contributed by atoms with Gasteiger partial charge >= 0.3 is 0 Å².